The van der Waals surface area contributed by atoms with Crippen LogP contribution < -0.4 is 9.47 Å². The molecule has 0 saturated carbocycles. The normalized spacial score (nSPS) is 16.1. The van der Waals surface area contributed by atoms with Crippen LogP contribution in [0, 0.1) is 6.92 Å². The zero-order valence-electron chi connectivity index (χ0n) is 16.7. The minimum Gasteiger partial charge on any atom is -0.497 e. The molecule has 1 aromatic heterocycles. The van der Waals surface area contributed by atoms with Gasteiger partial charge in [0.15, 0.2) is 0 Å². The van der Waals surface area contributed by atoms with Gasteiger partial charge in [0.1, 0.15) is 17.5 Å². The van der Waals surface area contributed by atoms with Gasteiger partial charge in [-0.15, -0.1) is 0 Å². The van der Waals surface area contributed by atoms with E-state index in [9.17, 15) is 4.79 Å². The standard InChI is InChI=1S/C22H23N3O4/c1-14-13-17(28-3)10-11-18(14)22(26)25-12-4-5-19(25)21-23-20(24-29-21)15-6-8-16(27-2)9-7-15/h6-11,13,19H,4-5,12H2,1-3H3/t19-/m1/s1. The number of carbonyl (C=O) groups excluding carboxylic acids is 1. The first kappa shape index (κ1) is 19.0. The highest BCUT2D eigenvalue weighted by Crippen LogP contribution is 2.34. The lowest BCUT2D eigenvalue weighted by molar-refractivity contribution is 0.0709. The summed E-state index contributed by atoms with van der Waals surface area (Å²) in [4.78, 5) is 19.6. The number of aromatic nitrogens is 2. The van der Waals surface area contributed by atoms with Gasteiger partial charge < -0.3 is 18.9 Å². The second kappa shape index (κ2) is 7.95. The van der Waals surface area contributed by atoms with Crippen LogP contribution in [-0.4, -0.2) is 41.7 Å². The summed E-state index contributed by atoms with van der Waals surface area (Å²) in [6, 6.07) is 12.7. The van der Waals surface area contributed by atoms with Crippen LogP contribution in [0.5, 0.6) is 11.5 Å². The van der Waals surface area contributed by atoms with E-state index in [0.717, 1.165) is 35.5 Å². The molecule has 2 aromatic carbocycles. The molecule has 2 heterocycles. The highest BCUT2D eigenvalue weighted by molar-refractivity contribution is 5.96. The maximum Gasteiger partial charge on any atom is 0.254 e. The van der Waals surface area contributed by atoms with E-state index < -0.39 is 0 Å². The number of nitrogens with zero attached hydrogens (tertiary/aromatic N) is 3. The molecule has 0 N–H and O–H groups in total. The molecule has 1 fully saturated rings. The number of carbonyl (C=O) groups is 1. The predicted octanol–water partition coefficient (Wildman–Crippen LogP) is 4.04. The Kier molecular flexibility index (Phi) is 5.20. The number of hydrogen-bond acceptors (Lipinski definition) is 6. The summed E-state index contributed by atoms with van der Waals surface area (Å²) in [5, 5.41) is 4.11. The van der Waals surface area contributed by atoms with Gasteiger partial charge in [0.2, 0.25) is 11.7 Å². The average molecular weight is 393 g/mol. The molecule has 7 heteroatoms. The first-order valence-corrected chi connectivity index (χ1v) is 9.54. The molecule has 1 atom stereocenters. The van der Waals surface area contributed by atoms with E-state index in [4.69, 9.17) is 14.0 Å². The fourth-order valence-electron chi connectivity index (χ4n) is 3.65. The third-order valence-electron chi connectivity index (χ3n) is 5.25. The molecule has 0 unspecified atom stereocenters. The van der Waals surface area contributed by atoms with Gasteiger partial charge in [0, 0.05) is 17.7 Å². The minimum atomic E-state index is -0.219. The third-order valence-corrected chi connectivity index (χ3v) is 5.25. The molecule has 0 spiro atoms. The van der Waals surface area contributed by atoms with Crippen LogP contribution >= 0.6 is 0 Å². The van der Waals surface area contributed by atoms with E-state index in [-0.39, 0.29) is 11.9 Å². The van der Waals surface area contributed by atoms with Gasteiger partial charge in [-0.2, -0.15) is 4.98 Å². The van der Waals surface area contributed by atoms with Crippen molar-refractivity contribution in [1.29, 1.82) is 0 Å². The number of rotatable bonds is 5. The van der Waals surface area contributed by atoms with Gasteiger partial charge in [-0.3, -0.25) is 4.79 Å². The lowest BCUT2D eigenvalue weighted by Gasteiger charge is -2.23. The monoisotopic (exact) mass is 393 g/mol. The van der Waals surface area contributed by atoms with Crippen molar-refractivity contribution in [3.05, 3.63) is 59.5 Å². The van der Waals surface area contributed by atoms with Crippen LogP contribution in [0.4, 0.5) is 0 Å². The lowest BCUT2D eigenvalue weighted by Crippen LogP contribution is -2.31. The first-order valence-electron chi connectivity index (χ1n) is 9.54. The second-order valence-corrected chi connectivity index (χ2v) is 7.02. The maximum absolute atomic E-state index is 13.2. The molecule has 29 heavy (non-hydrogen) atoms. The fourth-order valence-corrected chi connectivity index (χ4v) is 3.65. The number of aryl methyl sites for hydroxylation is 1. The number of hydrogen-bond donors (Lipinski definition) is 0. The molecule has 7 nitrogen and oxygen atoms in total. The Morgan fingerprint density at radius 2 is 1.83 bits per heavy atom. The Balaban J connectivity index is 1.57. The molecular formula is C22H23N3O4. The van der Waals surface area contributed by atoms with E-state index >= 15 is 0 Å². The Labute approximate surface area is 169 Å². The van der Waals surface area contributed by atoms with Gasteiger partial charge in [-0.25, -0.2) is 0 Å². The van der Waals surface area contributed by atoms with Crippen molar-refractivity contribution in [1.82, 2.24) is 15.0 Å². The van der Waals surface area contributed by atoms with Crippen molar-refractivity contribution in [2.45, 2.75) is 25.8 Å². The number of ether oxygens (including phenoxy) is 2. The van der Waals surface area contributed by atoms with Gasteiger partial charge >= 0.3 is 0 Å². The summed E-state index contributed by atoms with van der Waals surface area (Å²) in [5.41, 5.74) is 2.37. The lowest BCUT2D eigenvalue weighted by atomic mass is 10.1. The van der Waals surface area contributed by atoms with Crippen molar-refractivity contribution in [3.8, 4) is 22.9 Å². The minimum absolute atomic E-state index is 0.0307. The van der Waals surface area contributed by atoms with Gasteiger partial charge in [0.25, 0.3) is 5.91 Å². The quantitative estimate of drug-likeness (QED) is 0.651. The molecule has 3 aromatic rings. The second-order valence-electron chi connectivity index (χ2n) is 7.02. The van der Waals surface area contributed by atoms with Gasteiger partial charge in [-0.1, -0.05) is 5.16 Å². The molecule has 1 amide bonds. The summed E-state index contributed by atoms with van der Waals surface area (Å²) in [6.07, 6.45) is 1.69. The van der Waals surface area contributed by atoms with Crippen LogP contribution in [0.2, 0.25) is 0 Å². The zero-order valence-corrected chi connectivity index (χ0v) is 16.7. The number of amides is 1. The van der Waals surface area contributed by atoms with Crippen LogP contribution in [0.1, 0.15) is 40.7 Å². The topological polar surface area (TPSA) is 77.7 Å². The molecule has 4 rings (SSSR count). The SMILES string of the molecule is COc1ccc(-c2noc([C@H]3CCCN3C(=O)c3ccc(OC)cc3C)n2)cc1. The van der Waals surface area contributed by atoms with Gasteiger partial charge in [-0.05, 0) is 67.8 Å². The summed E-state index contributed by atoms with van der Waals surface area (Å²) in [6.45, 7) is 2.57. The van der Waals surface area contributed by atoms with Crippen molar-refractivity contribution in [2.24, 2.45) is 0 Å². The predicted molar refractivity (Wildman–Crippen MR) is 107 cm³/mol. The van der Waals surface area contributed by atoms with E-state index in [1.165, 1.54) is 0 Å². The Bertz CT molecular complexity index is 1010. The number of methoxy groups -OCH3 is 2. The van der Waals surface area contributed by atoms with Crippen LogP contribution in [0.3, 0.4) is 0 Å². The molecule has 0 bridgehead atoms. The zero-order chi connectivity index (χ0) is 20.4. The Morgan fingerprint density at radius 3 is 2.52 bits per heavy atom. The van der Waals surface area contributed by atoms with Crippen LogP contribution in [0.25, 0.3) is 11.4 Å². The van der Waals surface area contributed by atoms with E-state index in [2.05, 4.69) is 10.1 Å². The fraction of sp³-hybridized carbons (Fsp3) is 0.318. The van der Waals surface area contributed by atoms with Gasteiger partial charge in [0.05, 0.1) is 14.2 Å². The summed E-state index contributed by atoms with van der Waals surface area (Å²) < 4.78 is 16.0. The van der Waals surface area contributed by atoms with Crippen molar-refractivity contribution < 1.29 is 18.8 Å². The highest BCUT2D eigenvalue weighted by Gasteiger charge is 2.35. The summed E-state index contributed by atoms with van der Waals surface area (Å²) in [5.74, 6) is 2.44. The summed E-state index contributed by atoms with van der Waals surface area (Å²) >= 11 is 0. The maximum atomic E-state index is 13.2. The van der Waals surface area contributed by atoms with Crippen molar-refractivity contribution in [2.75, 3.05) is 20.8 Å². The number of likely N-dealkylation sites (tertiary alicyclic amines) is 1. The van der Waals surface area contributed by atoms with E-state index in [1.807, 2.05) is 48.2 Å². The molecule has 1 aliphatic heterocycles. The molecule has 0 radical (unpaired) electrons. The van der Waals surface area contributed by atoms with Crippen LogP contribution in [0.15, 0.2) is 47.0 Å². The van der Waals surface area contributed by atoms with Crippen LogP contribution in [-0.2, 0) is 0 Å². The molecule has 1 aliphatic rings. The largest absolute Gasteiger partial charge is 0.497 e. The smallest absolute Gasteiger partial charge is 0.254 e. The van der Waals surface area contributed by atoms with Crippen molar-refractivity contribution >= 4 is 5.91 Å². The number of benzene rings is 2. The van der Waals surface area contributed by atoms with E-state index in [0.29, 0.717) is 23.8 Å². The highest BCUT2D eigenvalue weighted by atomic mass is 16.5. The molecule has 1 saturated heterocycles. The molecule has 150 valence electrons. The first-order chi connectivity index (χ1) is 14.1. The summed E-state index contributed by atoms with van der Waals surface area (Å²) in [7, 11) is 3.24. The van der Waals surface area contributed by atoms with E-state index in [1.54, 1.807) is 20.3 Å². The Hall–Kier alpha value is -3.35. The average Bonchev–Trinajstić information content (AvgIpc) is 3.42. The molecular weight excluding hydrogens is 370 g/mol. The molecule has 0 aliphatic carbocycles. The Morgan fingerprint density at radius 1 is 1.10 bits per heavy atom. The third kappa shape index (κ3) is 3.68. The van der Waals surface area contributed by atoms with Crippen molar-refractivity contribution in [3.63, 3.8) is 0 Å².